The molecule has 3 N–H and O–H groups in total. The van der Waals surface area contributed by atoms with Gasteiger partial charge in [-0.2, -0.15) is 4.98 Å². The molecule has 0 aromatic carbocycles. The van der Waals surface area contributed by atoms with Gasteiger partial charge in [-0.1, -0.05) is 47.6 Å². The molecule has 1 aliphatic rings. The van der Waals surface area contributed by atoms with Crippen molar-refractivity contribution in [2.75, 3.05) is 12.3 Å². The van der Waals surface area contributed by atoms with E-state index in [1.165, 1.54) is 10.8 Å². The molecule has 1 saturated heterocycles. The number of ether oxygens (including phenoxy) is 4. The number of nitrogens with zero attached hydrogens (tertiary/aromatic N) is 4. The van der Waals surface area contributed by atoms with Crippen molar-refractivity contribution in [3.05, 3.63) is 34.7 Å². The Kier molecular flexibility index (Phi) is 8.71. The Hall–Kier alpha value is -4.33. The van der Waals surface area contributed by atoms with Crippen molar-refractivity contribution in [1.29, 1.82) is 0 Å². The normalized spacial score (nSPS) is 20.6. The number of aromatic amines is 1. The molecule has 0 radical (unpaired) electrons. The molecule has 220 valence electrons. The van der Waals surface area contributed by atoms with Crippen molar-refractivity contribution in [3.63, 3.8) is 0 Å². The summed E-state index contributed by atoms with van der Waals surface area (Å²) in [5.74, 6) is -3.18. The lowest BCUT2D eigenvalue weighted by Gasteiger charge is -2.26. The minimum Gasteiger partial charge on any atom is -0.463 e. The highest BCUT2D eigenvalue weighted by molar-refractivity contribution is 5.77. The molecule has 14 nitrogen and oxygen atoms in total. The number of hydrogen-bond acceptors (Lipinski definition) is 12. The van der Waals surface area contributed by atoms with Gasteiger partial charge in [0, 0.05) is 6.20 Å². The number of fused-ring (bicyclic) bond motifs is 1. The summed E-state index contributed by atoms with van der Waals surface area (Å²) in [5.41, 5.74) is 5.58. The molecule has 3 aromatic rings. The first-order chi connectivity index (χ1) is 19.4. The average Bonchev–Trinajstić information content (AvgIpc) is 3.45. The van der Waals surface area contributed by atoms with Gasteiger partial charge >= 0.3 is 17.9 Å². The third-order valence-electron chi connectivity index (χ3n) is 6.31. The van der Waals surface area contributed by atoms with E-state index in [0.29, 0.717) is 5.69 Å². The van der Waals surface area contributed by atoms with E-state index in [1.807, 2.05) is 0 Å². The van der Waals surface area contributed by atoms with Crippen LogP contribution in [0.15, 0.2) is 29.2 Å². The van der Waals surface area contributed by atoms with E-state index in [2.05, 4.69) is 19.9 Å². The van der Waals surface area contributed by atoms with Crippen LogP contribution in [0.2, 0.25) is 0 Å². The number of nitrogen functional groups attached to an aromatic ring is 1. The van der Waals surface area contributed by atoms with Gasteiger partial charge in [-0.25, -0.2) is 4.98 Å². The fraction of sp³-hybridized carbons (Fsp3) is 0.519. The number of aromatic nitrogens is 5. The van der Waals surface area contributed by atoms with Crippen molar-refractivity contribution in [2.24, 2.45) is 17.8 Å². The van der Waals surface area contributed by atoms with Crippen molar-refractivity contribution < 1.29 is 33.3 Å². The highest BCUT2D eigenvalue weighted by Crippen LogP contribution is 2.39. The minimum absolute atomic E-state index is 0.0243. The van der Waals surface area contributed by atoms with Crippen LogP contribution in [0, 0.1) is 17.8 Å². The molecule has 4 rings (SSSR count). The number of nitrogens with two attached hydrogens (primary N) is 1. The smallest absolute Gasteiger partial charge is 0.308 e. The van der Waals surface area contributed by atoms with Gasteiger partial charge in [0.15, 0.2) is 35.4 Å². The van der Waals surface area contributed by atoms with Gasteiger partial charge in [0.25, 0.3) is 5.56 Å². The van der Waals surface area contributed by atoms with Gasteiger partial charge in [-0.3, -0.25) is 33.7 Å². The molecular weight excluding hydrogens is 536 g/mol. The first kappa shape index (κ1) is 29.6. The lowest BCUT2D eigenvalue weighted by Crippen LogP contribution is -2.42. The molecule has 1 fully saturated rings. The number of pyridine rings is 1. The molecule has 3 aromatic heterocycles. The Bertz CT molecular complexity index is 1480. The van der Waals surface area contributed by atoms with Crippen LogP contribution in [-0.4, -0.2) is 67.3 Å². The zero-order valence-corrected chi connectivity index (χ0v) is 23.7. The Morgan fingerprint density at radius 1 is 0.976 bits per heavy atom. The van der Waals surface area contributed by atoms with Gasteiger partial charge < -0.3 is 24.7 Å². The number of esters is 3. The van der Waals surface area contributed by atoms with Gasteiger partial charge in [0.1, 0.15) is 18.4 Å². The summed E-state index contributed by atoms with van der Waals surface area (Å²) in [6.45, 7) is 9.65. The quantitative estimate of drug-likeness (QED) is 0.281. The van der Waals surface area contributed by atoms with Crippen LogP contribution in [0.3, 0.4) is 0 Å². The van der Waals surface area contributed by atoms with Gasteiger partial charge in [0.2, 0.25) is 5.95 Å². The Morgan fingerprint density at radius 2 is 1.61 bits per heavy atom. The molecule has 1 aliphatic heterocycles. The topological polar surface area (TPSA) is 191 Å². The summed E-state index contributed by atoms with van der Waals surface area (Å²) in [6, 6.07) is 5.10. The van der Waals surface area contributed by atoms with E-state index in [9.17, 15) is 19.2 Å². The molecule has 0 amide bonds. The number of anilines is 1. The Labute approximate surface area is 235 Å². The van der Waals surface area contributed by atoms with Gasteiger partial charge in [-0.05, 0) is 12.1 Å². The lowest BCUT2D eigenvalue weighted by atomic mass is 10.1. The Morgan fingerprint density at radius 3 is 2.20 bits per heavy atom. The molecule has 4 atom stereocenters. The van der Waals surface area contributed by atoms with Crippen LogP contribution >= 0.6 is 0 Å². The third-order valence-corrected chi connectivity index (χ3v) is 6.31. The summed E-state index contributed by atoms with van der Waals surface area (Å²) >= 11 is 0. The fourth-order valence-electron chi connectivity index (χ4n) is 4.11. The maximum absolute atomic E-state index is 12.9. The SMILES string of the molecule is CC(C)C(=O)OC[C@H]1O[C@@H](n2c(-c3ccccn3)nc3c(=O)[nH]c(N)nc32)[C@H](OC(=O)C(C)C)[C@@H]1OC(=O)C(C)C. The second-order valence-electron chi connectivity index (χ2n) is 10.6. The van der Waals surface area contributed by atoms with Crippen LogP contribution in [0.5, 0.6) is 0 Å². The van der Waals surface area contributed by atoms with Gasteiger partial charge in [-0.15, -0.1) is 0 Å². The molecule has 0 spiro atoms. The number of hydrogen-bond donors (Lipinski definition) is 2. The molecule has 4 heterocycles. The number of rotatable bonds is 9. The van der Waals surface area contributed by atoms with Crippen LogP contribution in [-0.2, 0) is 33.3 Å². The molecule has 14 heteroatoms. The zero-order valence-electron chi connectivity index (χ0n) is 23.7. The first-order valence-electron chi connectivity index (χ1n) is 13.3. The maximum Gasteiger partial charge on any atom is 0.308 e. The molecule has 0 unspecified atom stereocenters. The van der Waals surface area contributed by atoms with Crippen LogP contribution in [0.4, 0.5) is 5.95 Å². The predicted molar refractivity (Wildman–Crippen MR) is 145 cm³/mol. The largest absolute Gasteiger partial charge is 0.463 e. The highest BCUT2D eigenvalue weighted by Gasteiger charge is 2.52. The van der Waals surface area contributed by atoms with E-state index in [0.717, 1.165) is 0 Å². The number of carbonyl (C=O) groups excluding carboxylic acids is 3. The van der Waals surface area contributed by atoms with Crippen molar-refractivity contribution in [3.8, 4) is 11.5 Å². The molecule has 0 bridgehead atoms. The highest BCUT2D eigenvalue weighted by atomic mass is 16.7. The molecular formula is C27H34N6O8. The van der Waals surface area contributed by atoms with E-state index < -0.39 is 65.8 Å². The van der Waals surface area contributed by atoms with Crippen LogP contribution < -0.4 is 11.3 Å². The second-order valence-corrected chi connectivity index (χ2v) is 10.6. The third kappa shape index (κ3) is 6.21. The number of nitrogens with one attached hydrogen (secondary N) is 1. The van der Waals surface area contributed by atoms with E-state index in [1.54, 1.807) is 59.7 Å². The average molecular weight is 571 g/mol. The van der Waals surface area contributed by atoms with E-state index >= 15 is 0 Å². The second kappa shape index (κ2) is 12.0. The van der Waals surface area contributed by atoms with E-state index in [4.69, 9.17) is 24.7 Å². The monoisotopic (exact) mass is 570 g/mol. The summed E-state index contributed by atoms with van der Waals surface area (Å²) in [4.78, 5) is 66.4. The predicted octanol–water partition coefficient (Wildman–Crippen LogP) is 2.00. The molecule has 41 heavy (non-hydrogen) atoms. The van der Waals surface area contributed by atoms with Crippen LogP contribution in [0.1, 0.15) is 47.8 Å². The minimum atomic E-state index is -1.25. The number of H-pyrrole nitrogens is 1. The maximum atomic E-state index is 12.9. The lowest BCUT2D eigenvalue weighted by molar-refractivity contribution is -0.173. The summed E-state index contributed by atoms with van der Waals surface area (Å²) in [5, 5.41) is 0. The summed E-state index contributed by atoms with van der Waals surface area (Å²) in [7, 11) is 0. The van der Waals surface area contributed by atoms with E-state index in [-0.39, 0.29) is 29.5 Å². The Balaban J connectivity index is 1.91. The zero-order chi connectivity index (χ0) is 30.0. The van der Waals surface area contributed by atoms with Crippen molar-refractivity contribution >= 4 is 35.0 Å². The van der Waals surface area contributed by atoms with Crippen molar-refractivity contribution in [1.82, 2.24) is 24.5 Å². The fourth-order valence-corrected chi connectivity index (χ4v) is 4.11. The summed E-state index contributed by atoms with van der Waals surface area (Å²) < 4.78 is 24.9. The number of carbonyl (C=O) groups is 3. The molecule has 0 aliphatic carbocycles. The first-order valence-corrected chi connectivity index (χ1v) is 13.3. The standard InChI is InChI=1S/C27H34N6O8/c1-12(2)24(35)38-11-16-18(40-25(36)13(3)4)19(41-26(37)14(5)6)23(39-16)33-20(15-9-7-8-10-29-15)30-17-21(33)31-27(28)32-22(17)34/h7-10,12-14,16,18-19,23H,11H2,1-6H3,(H3,28,31,32,34)/t16-,18-,19-,23-/m1/s1. The van der Waals surface area contributed by atoms with Gasteiger partial charge in [0.05, 0.1) is 17.8 Å². The summed E-state index contributed by atoms with van der Waals surface area (Å²) in [6.07, 6.45) is -3.19. The van der Waals surface area contributed by atoms with Crippen LogP contribution in [0.25, 0.3) is 22.7 Å². The number of imidazole rings is 1. The molecule has 0 saturated carbocycles. The van der Waals surface area contributed by atoms with Crippen molar-refractivity contribution in [2.45, 2.75) is 66.1 Å².